The van der Waals surface area contributed by atoms with Gasteiger partial charge in [0.2, 0.25) is 5.91 Å². The topological polar surface area (TPSA) is 38.3 Å². The van der Waals surface area contributed by atoms with Crippen LogP contribution in [-0.2, 0) is 11.2 Å². The molecule has 21 heavy (non-hydrogen) atoms. The van der Waals surface area contributed by atoms with Crippen LogP contribution in [0.2, 0.25) is 0 Å². The molecule has 0 heterocycles. The molecule has 0 aliphatic rings. The van der Waals surface area contributed by atoms with Crippen LogP contribution in [0.5, 0.6) is 5.75 Å². The Morgan fingerprint density at radius 1 is 1.19 bits per heavy atom. The monoisotopic (exact) mass is 355 g/mol. The van der Waals surface area contributed by atoms with E-state index < -0.39 is 17.5 Å². The number of halogens is 3. The lowest BCUT2D eigenvalue weighted by Crippen LogP contribution is -2.15. The predicted octanol–water partition coefficient (Wildman–Crippen LogP) is 3.92. The van der Waals surface area contributed by atoms with Gasteiger partial charge < -0.3 is 10.1 Å². The summed E-state index contributed by atoms with van der Waals surface area (Å²) in [5.74, 6) is -1.41. The average molecular weight is 356 g/mol. The largest absolute Gasteiger partial charge is 0.494 e. The van der Waals surface area contributed by atoms with E-state index in [-0.39, 0.29) is 17.9 Å². The molecule has 3 nitrogen and oxygen atoms in total. The Labute approximate surface area is 129 Å². The molecule has 0 bridgehead atoms. The van der Waals surface area contributed by atoms with E-state index in [4.69, 9.17) is 4.74 Å². The smallest absolute Gasteiger partial charge is 0.228 e. The van der Waals surface area contributed by atoms with Crippen molar-refractivity contribution in [1.82, 2.24) is 0 Å². The fourth-order valence-electron chi connectivity index (χ4n) is 1.79. The van der Waals surface area contributed by atoms with Crippen LogP contribution >= 0.6 is 15.9 Å². The zero-order chi connectivity index (χ0) is 15.4. The van der Waals surface area contributed by atoms with E-state index in [0.717, 1.165) is 0 Å². The molecule has 2 rings (SSSR count). The normalized spacial score (nSPS) is 10.3. The SMILES string of the molecule is COc1ccc(CC(=O)Nc2ccc(Br)cc2F)cc1F. The molecule has 110 valence electrons. The van der Waals surface area contributed by atoms with Crippen molar-refractivity contribution < 1.29 is 18.3 Å². The van der Waals surface area contributed by atoms with Crippen LogP contribution in [-0.4, -0.2) is 13.0 Å². The van der Waals surface area contributed by atoms with Gasteiger partial charge in [0.15, 0.2) is 11.6 Å². The molecule has 2 aromatic rings. The van der Waals surface area contributed by atoms with Crippen LogP contribution in [0, 0.1) is 11.6 Å². The van der Waals surface area contributed by atoms with Crippen LogP contribution in [0.15, 0.2) is 40.9 Å². The van der Waals surface area contributed by atoms with Crippen molar-refractivity contribution in [2.75, 3.05) is 12.4 Å². The van der Waals surface area contributed by atoms with Crippen molar-refractivity contribution >= 4 is 27.5 Å². The number of hydrogen-bond donors (Lipinski definition) is 1. The van der Waals surface area contributed by atoms with Gasteiger partial charge in [0.25, 0.3) is 0 Å². The highest BCUT2D eigenvalue weighted by Crippen LogP contribution is 2.21. The lowest BCUT2D eigenvalue weighted by atomic mass is 10.1. The molecule has 1 amide bonds. The Morgan fingerprint density at radius 2 is 1.95 bits per heavy atom. The number of rotatable bonds is 4. The molecule has 2 aromatic carbocycles. The molecule has 0 aliphatic heterocycles. The highest BCUT2D eigenvalue weighted by molar-refractivity contribution is 9.10. The molecule has 0 radical (unpaired) electrons. The van der Waals surface area contributed by atoms with E-state index in [2.05, 4.69) is 21.2 Å². The maximum absolute atomic E-state index is 13.6. The number of nitrogens with one attached hydrogen (secondary N) is 1. The van der Waals surface area contributed by atoms with Crippen molar-refractivity contribution in [1.29, 1.82) is 0 Å². The second kappa shape index (κ2) is 6.67. The molecular weight excluding hydrogens is 344 g/mol. The van der Waals surface area contributed by atoms with E-state index in [1.54, 1.807) is 12.1 Å². The Morgan fingerprint density at radius 3 is 2.57 bits per heavy atom. The summed E-state index contributed by atoms with van der Waals surface area (Å²) in [7, 11) is 1.36. The summed E-state index contributed by atoms with van der Waals surface area (Å²) in [6.07, 6.45) is -0.0591. The van der Waals surface area contributed by atoms with Gasteiger partial charge in [-0.1, -0.05) is 22.0 Å². The number of carbonyl (C=O) groups is 1. The second-order valence-electron chi connectivity index (χ2n) is 4.32. The van der Waals surface area contributed by atoms with Crippen LogP contribution < -0.4 is 10.1 Å². The third-order valence-electron chi connectivity index (χ3n) is 2.79. The van der Waals surface area contributed by atoms with Gasteiger partial charge in [-0.05, 0) is 35.9 Å². The Bertz CT molecular complexity index is 677. The molecule has 0 saturated carbocycles. The average Bonchev–Trinajstić information content (AvgIpc) is 2.42. The molecule has 1 N–H and O–H groups in total. The maximum atomic E-state index is 13.6. The fraction of sp³-hybridized carbons (Fsp3) is 0.133. The van der Waals surface area contributed by atoms with E-state index in [9.17, 15) is 13.6 Å². The van der Waals surface area contributed by atoms with Crippen molar-refractivity contribution in [2.45, 2.75) is 6.42 Å². The van der Waals surface area contributed by atoms with Crippen molar-refractivity contribution in [3.8, 4) is 5.75 Å². The van der Waals surface area contributed by atoms with E-state index in [0.29, 0.717) is 10.0 Å². The van der Waals surface area contributed by atoms with Gasteiger partial charge in [-0.15, -0.1) is 0 Å². The minimum atomic E-state index is -0.544. The summed E-state index contributed by atoms with van der Waals surface area (Å²) >= 11 is 3.13. The number of anilines is 1. The van der Waals surface area contributed by atoms with Gasteiger partial charge in [0.1, 0.15) is 5.82 Å². The predicted molar refractivity (Wildman–Crippen MR) is 79.4 cm³/mol. The van der Waals surface area contributed by atoms with Crippen LogP contribution in [0.1, 0.15) is 5.56 Å². The van der Waals surface area contributed by atoms with Crippen molar-refractivity contribution in [2.24, 2.45) is 0 Å². The third kappa shape index (κ3) is 4.01. The molecule has 0 saturated heterocycles. The first-order valence-electron chi connectivity index (χ1n) is 6.07. The van der Waals surface area contributed by atoms with E-state index in [1.807, 2.05) is 0 Å². The minimum absolute atomic E-state index is 0.0591. The third-order valence-corrected chi connectivity index (χ3v) is 3.28. The molecule has 0 aromatic heterocycles. The number of amides is 1. The number of carbonyl (C=O) groups excluding carboxylic acids is 1. The Hall–Kier alpha value is -1.95. The number of benzene rings is 2. The number of ether oxygens (including phenoxy) is 1. The summed E-state index contributed by atoms with van der Waals surface area (Å²) in [5.41, 5.74) is 0.556. The summed E-state index contributed by atoms with van der Waals surface area (Å²) in [4.78, 5) is 11.8. The quantitative estimate of drug-likeness (QED) is 0.902. The zero-order valence-electron chi connectivity index (χ0n) is 11.1. The first-order valence-corrected chi connectivity index (χ1v) is 6.86. The fourth-order valence-corrected chi connectivity index (χ4v) is 2.12. The van der Waals surface area contributed by atoms with Gasteiger partial charge in [0, 0.05) is 4.47 Å². The number of methoxy groups -OCH3 is 1. The van der Waals surface area contributed by atoms with E-state index in [1.165, 1.54) is 31.4 Å². The van der Waals surface area contributed by atoms with E-state index >= 15 is 0 Å². The zero-order valence-corrected chi connectivity index (χ0v) is 12.7. The summed E-state index contributed by atoms with van der Waals surface area (Å²) in [6, 6.07) is 8.56. The standard InChI is InChI=1S/C15H12BrF2NO2/c1-21-14-5-2-9(6-12(14)18)7-15(20)19-13-4-3-10(16)8-11(13)17/h2-6,8H,7H2,1H3,(H,19,20). The lowest BCUT2D eigenvalue weighted by molar-refractivity contribution is -0.115. The highest BCUT2D eigenvalue weighted by atomic mass is 79.9. The summed E-state index contributed by atoms with van der Waals surface area (Å²) in [5, 5.41) is 2.45. The van der Waals surface area contributed by atoms with Crippen LogP contribution in [0.3, 0.4) is 0 Å². The number of hydrogen-bond acceptors (Lipinski definition) is 2. The molecule has 0 atom stereocenters. The Kier molecular flexibility index (Phi) is 4.90. The second-order valence-corrected chi connectivity index (χ2v) is 5.23. The minimum Gasteiger partial charge on any atom is -0.494 e. The maximum Gasteiger partial charge on any atom is 0.228 e. The lowest BCUT2D eigenvalue weighted by Gasteiger charge is -2.08. The van der Waals surface area contributed by atoms with Crippen molar-refractivity contribution in [3.63, 3.8) is 0 Å². The van der Waals surface area contributed by atoms with Crippen LogP contribution in [0.25, 0.3) is 0 Å². The van der Waals surface area contributed by atoms with Crippen LogP contribution in [0.4, 0.5) is 14.5 Å². The van der Waals surface area contributed by atoms with Gasteiger partial charge in [-0.3, -0.25) is 4.79 Å². The van der Waals surface area contributed by atoms with Gasteiger partial charge in [-0.25, -0.2) is 8.78 Å². The first-order chi connectivity index (χ1) is 9.99. The van der Waals surface area contributed by atoms with Gasteiger partial charge in [0.05, 0.1) is 19.2 Å². The summed E-state index contributed by atoms with van der Waals surface area (Å²) < 4.78 is 32.5. The molecule has 0 aliphatic carbocycles. The van der Waals surface area contributed by atoms with Crippen molar-refractivity contribution in [3.05, 3.63) is 58.1 Å². The molecular formula is C15H12BrF2NO2. The first kappa shape index (κ1) is 15.4. The van der Waals surface area contributed by atoms with Gasteiger partial charge in [-0.2, -0.15) is 0 Å². The van der Waals surface area contributed by atoms with Gasteiger partial charge >= 0.3 is 0 Å². The molecule has 6 heteroatoms. The molecule has 0 spiro atoms. The molecule has 0 unspecified atom stereocenters. The summed E-state index contributed by atoms with van der Waals surface area (Å²) in [6.45, 7) is 0. The molecule has 0 fully saturated rings. The highest BCUT2D eigenvalue weighted by Gasteiger charge is 2.10. The Balaban J connectivity index is 2.06.